The van der Waals surface area contributed by atoms with Crippen molar-refractivity contribution in [3.8, 4) is 11.4 Å². The number of benzene rings is 1. The summed E-state index contributed by atoms with van der Waals surface area (Å²) in [6.07, 6.45) is 3.24. The molecule has 0 bridgehead atoms. The van der Waals surface area contributed by atoms with Crippen LogP contribution in [0.2, 0.25) is 0 Å². The van der Waals surface area contributed by atoms with E-state index in [4.69, 9.17) is 9.63 Å². The van der Waals surface area contributed by atoms with Crippen molar-refractivity contribution in [1.82, 2.24) is 24.6 Å². The molecule has 0 fully saturated rings. The molecular formula is C22H20N6O4. The third-order valence-corrected chi connectivity index (χ3v) is 5.49. The van der Waals surface area contributed by atoms with Crippen LogP contribution >= 0.6 is 0 Å². The summed E-state index contributed by atoms with van der Waals surface area (Å²) in [5.74, 6) is 0.501. The molecule has 1 aliphatic rings. The predicted molar refractivity (Wildman–Crippen MR) is 116 cm³/mol. The van der Waals surface area contributed by atoms with Crippen LogP contribution in [0.3, 0.4) is 0 Å². The lowest BCUT2D eigenvalue weighted by molar-refractivity contribution is 0.0693. The SMILES string of the molecule is Cc1nc(-c2ccc3ccnc(NCCN4CCn5cc(C(=O)O)cc5C4=O)c3c2)no1. The first-order chi connectivity index (χ1) is 15.5. The van der Waals surface area contributed by atoms with E-state index in [1.807, 2.05) is 24.3 Å². The van der Waals surface area contributed by atoms with Crippen molar-refractivity contribution in [2.24, 2.45) is 0 Å². The highest BCUT2D eigenvalue weighted by Gasteiger charge is 2.26. The largest absolute Gasteiger partial charge is 0.478 e. The van der Waals surface area contributed by atoms with Gasteiger partial charge in [-0.25, -0.2) is 9.78 Å². The molecule has 162 valence electrons. The molecule has 0 spiro atoms. The molecule has 0 unspecified atom stereocenters. The molecule has 32 heavy (non-hydrogen) atoms. The number of nitrogens with zero attached hydrogens (tertiary/aromatic N) is 5. The number of pyridine rings is 1. The van der Waals surface area contributed by atoms with Crippen molar-refractivity contribution >= 4 is 28.5 Å². The summed E-state index contributed by atoms with van der Waals surface area (Å²) >= 11 is 0. The maximum atomic E-state index is 12.8. The standard InChI is InChI=1S/C22H20N6O4/c1-13-25-19(26-32-13)15-3-2-14-4-5-23-20(17(14)10-15)24-6-7-27-8-9-28-12-16(22(30)31)11-18(28)21(27)29/h2-5,10-12H,6-9H2,1H3,(H,23,24)(H,30,31). The first kappa shape index (κ1) is 19.7. The number of rotatable bonds is 6. The predicted octanol–water partition coefficient (Wildman–Crippen LogP) is 2.66. The summed E-state index contributed by atoms with van der Waals surface area (Å²) in [6.45, 7) is 3.79. The number of aromatic nitrogens is 4. The van der Waals surface area contributed by atoms with Crippen molar-refractivity contribution in [3.63, 3.8) is 0 Å². The minimum Gasteiger partial charge on any atom is -0.478 e. The van der Waals surface area contributed by atoms with E-state index < -0.39 is 5.97 Å². The lowest BCUT2D eigenvalue weighted by Crippen LogP contribution is -2.42. The molecule has 0 radical (unpaired) electrons. The fourth-order valence-electron chi connectivity index (χ4n) is 3.87. The van der Waals surface area contributed by atoms with Crippen molar-refractivity contribution in [2.45, 2.75) is 13.5 Å². The first-order valence-corrected chi connectivity index (χ1v) is 10.2. The van der Waals surface area contributed by atoms with E-state index in [1.165, 1.54) is 12.3 Å². The molecule has 0 aliphatic carbocycles. The molecule has 1 aromatic carbocycles. The van der Waals surface area contributed by atoms with Gasteiger partial charge < -0.3 is 24.4 Å². The Bertz CT molecular complexity index is 1340. The van der Waals surface area contributed by atoms with Gasteiger partial charge >= 0.3 is 5.97 Å². The number of carboxylic acid groups (broad SMARTS) is 1. The molecule has 2 N–H and O–H groups in total. The molecule has 5 rings (SSSR count). The number of anilines is 1. The Morgan fingerprint density at radius 2 is 2.12 bits per heavy atom. The second-order valence-electron chi connectivity index (χ2n) is 7.56. The van der Waals surface area contributed by atoms with Gasteiger partial charge in [-0.15, -0.1) is 0 Å². The Labute approximate surface area is 182 Å². The van der Waals surface area contributed by atoms with Crippen LogP contribution in [0.15, 0.2) is 47.2 Å². The van der Waals surface area contributed by atoms with E-state index in [2.05, 4.69) is 20.4 Å². The fourth-order valence-corrected chi connectivity index (χ4v) is 3.87. The summed E-state index contributed by atoms with van der Waals surface area (Å²) in [5.41, 5.74) is 1.35. The summed E-state index contributed by atoms with van der Waals surface area (Å²) in [4.78, 5) is 34.4. The molecule has 4 heterocycles. The maximum Gasteiger partial charge on any atom is 0.337 e. The fraction of sp³-hybridized carbons (Fsp3) is 0.227. The Hall–Kier alpha value is -4.21. The Morgan fingerprint density at radius 3 is 2.91 bits per heavy atom. The van der Waals surface area contributed by atoms with E-state index in [-0.39, 0.29) is 11.5 Å². The molecule has 1 aliphatic heterocycles. The summed E-state index contributed by atoms with van der Waals surface area (Å²) in [6, 6.07) is 9.22. The molecule has 0 saturated heterocycles. The van der Waals surface area contributed by atoms with Gasteiger partial charge in [0.15, 0.2) is 0 Å². The Kier molecular flexibility index (Phi) is 4.81. The van der Waals surface area contributed by atoms with Gasteiger partial charge in [0, 0.05) is 56.4 Å². The Balaban J connectivity index is 1.31. The average Bonchev–Trinajstić information content (AvgIpc) is 3.42. The van der Waals surface area contributed by atoms with E-state index in [9.17, 15) is 9.59 Å². The molecule has 4 aromatic rings. The van der Waals surface area contributed by atoms with Crippen LogP contribution in [0.4, 0.5) is 5.82 Å². The molecule has 0 saturated carbocycles. The number of nitrogens with one attached hydrogen (secondary N) is 1. The van der Waals surface area contributed by atoms with Gasteiger partial charge in [0.2, 0.25) is 11.7 Å². The number of amides is 1. The summed E-state index contributed by atoms with van der Waals surface area (Å²) in [5, 5.41) is 18.4. The van der Waals surface area contributed by atoms with Crippen LogP contribution in [-0.2, 0) is 6.54 Å². The maximum absolute atomic E-state index is 12.8. The van der Waals surface area contributed by atoms with Gasteiger partial charge in [-0.05, 0) is 23.6 Å². The van der Waals surface area contributed by atoms with Crippen molar-refractivity contribution < 1.29 is 19.2 Å². The van der Waals surface area contributed by atoms with Gasteiger partial charge in [-0.2, -0.15) is 4.98 Å². The molecule has 0 atom stereocenters. The number of fused-ring (bicyclic) bond motifs is 2. The van der Waals surface area contributed by atoms with E-state index in [1.54, 1.807) is 22.6 Å². The van der Waals surface area contributed by atoms with Gasteiger partial charge in [0.1, 0.15) is 11.5 Å². The molecule has 3 aromatic heterocycles. The minimum atomic E-state index is -1.04. The second kappa shape index (κ2) is 7.80. The number of aromatic carboxylic acids is 1. The normalized spacial score (nSPS) is 13.4. The van der Waals surface area contributed by atoms with Gasteiger partial charge in [-0.3, -0.25) is 4.79 Å². The summed E-state index contributed by atoms with van der Waals surface area (Å²) < 4.78 is 6.78. The number of carbonyl (C=O) groups excluding carboxylic acids is 1. The number of hydrogen-bond acceptors (Lipinski definition) is 7. The monoisotopic (exact) mass is 432 g/mol. The quantitative estimate of drug-likeness (QED) is 0.476. The highest BCUT2D eigenvalue weighted by atomic mass is 16.5. The molecule has 10 nitrogen and oxygen atoms in total. The smallest absolute Gasteiger partial charge is 0.337 e. The van der Waals surface area contributed by atoms with Crippen molar-refractivity contribution in [1.29, 1.82) is 0 Å². The first-order valence-electron chi connectivity index (χ1n) is 10.2. The topological polar surface area (TPSA) is 126 Å². The zero-order chi connectivity index (χ0) is 22.2. The highest BCUT2D eigenvalue weighted by molar-refractivity contribution is 5.97. The van der Waals surface area contributed by atoms with Crippen molar-refractivity contribution in [2.75, 3.05) is 25.0 Å². The average molecular weight is 432 g/mol. The number of aryl methyl sites for hydroxylation is 1. The number of carboxylic acids is 1. The van der Waals surface area contributed by atoms with Crippen LogP contribution in [0.25, 0.3) is 22.2 Å². The van der Waals surface area contributed by atoms with Crippen LogP contribution in [0, 0.1) is 6.92 Å². The lowest BCUT2D eigenvalue weighted by Gasteiger charge is -2.28. The third-order valence-electron chi connectivity index (χ3n) is 5.49. The zero-order valence-corrected chi connectivity index (χ0v) is 17.3. The minimum absolute atomic E-state index is 0.126. The molecular weight excluding hydrogens is 412 g/mol. The van der Waals surface area contributed by atoms with Gasteiger partial charge in [0.25, 0.3) is 5.91 Å². The van der Waals surface area contributed by atoms with E-state index in [0.29, 0.717) is 49.4 Å². The number of carbonyl (C=O) groups is 2. The Morgan fingerprint density at radius 1 is 1.25 bits per heavy atom. The van der Waals surface area contributed by atoms with Gasteiger partial charge in [-0.1, -0.05) is 17.3 Å². The summed E-state index contributed by atoms with van der Waals surface area (Å²) in [7, 11) is 0. The van der Waals surface area contributed by atoms with E-state index >= 15 is 0 Å². The number of hydrogen-bond donors (Lipinski definition) is 2. The third kappa shape index (κ3) is 3.55. The van der Waals surface area contributed by atoms with Gasteiger partial charge in [0.05, 0.1) is 5.56 Å². The van der Waals surface area contributed by atoms with Crippen molar-refractivity contribution in [3.05, 3.63) is 59.9 Å². The molecule has 10 heteroatoms. The second-order valence-corrected chi connectivity index (χ2v) is 7.56. The molecule has 1 amide bonds. The van der Waals surface area contributed by atoms with Crippen LogP contribution < -0.4 is 5.32 Å². The zero-order valence-electron chi connectivity index (χ0n) is 17.3. The van der Waals surface area contributed by atoms with Crippen LogP contribution in [-0.4, -0.2) is 61.2 Å². The van der Waals surface area contributed by atoms with Crippen LogP contribution in [0.1, 0.15) is 26.7 Å². The lowest BCUT2D eigenvalue weighted by atomic mass is 10.1. The van der Waals surface area contributed by atoms with Crippen LogP contribution in [0.5, 0.6) is 0 Å². The highest BCUT2D eigenvalue weighted by Crippen LogP contribution is 2.26. The van der Waals surface area contributed by atoms with E-state index in [0.717, 1.165) is 16.3 Å².